The predicted molar refractivity (Wildman–Crippen MR) is 49.5 cm³/mol. The van der Waals surface area contributed by atoms with E-state index < -0.39 is 17.3 Å². The molecule has 1 rings (SSSR count). The summed E-state index contributed by atoms with van der Waals surface area (Å²) in [6, 6.07) is 2.60. The van der Waals surface area contributed by atoms with E-state index in [2.05, 4.69) is 10.3 Å². The van der Waals surface area contributed by atoms with E-state index in [-0.39, 0.29) is 0 Å². The molecule has 14 heavy (non-hydrogen) atoms. The molecule has 0 unspecified atom stereocenters. The monoisotopic (exact) mass is 198 g/mol. The zero-order valence-corrected chi connectivity index (χ0v) is 7.91. The minimum absolute atomic E-state index is 0.332. The van der Waals surface area contributed by atoms with Gasteiger partial charge in [0.1, 0.15) is 17.2 Å². The van der Waals surface area contributed by atoms with Crippen LogP contribution >= 0.6 is 0 Å². The van der Waals surface area contributed by atoms with E-state index in [0.29, 0.717) is 5.82 Å². The van der Waals surface area contributed by atoms with E-state index in [4.69, 9.17) is 5.11 Å². The highest BCUT2D eigenvalue weighted by Gasteiger charge is 2.26. The summed E-state index contributed by atoms with van der Waals surface area (Å²) in [6.45, 7) is 3.00. The van der Waals surface area contributed by atoms with E-state index >= 15 is 0 Å². The Hall–Kier alpha value is -1.65. The number of carboxylic acids is 1. The van der Waals surface area contributed by atoms with Gasteiger partial charge >= 0.3 is 5.97 Å². The van der Waals surface area contributed by atoms with Crippen LogP contribution in [0.25, 0.3) is 0 Å². The number of rotatable bonds is 3. The van der Waals surface area contributed by atoms with Crippen molar-refractivity contribution in [2.45, 2.75) is 19.4 Å². The van der Waals surface area contributed by atoms with Gasteiger partial charge in [-0.2, -0.15) is 0 Å². The SMILES string of the molecule is CC(C)(Nc1ccc(F)cn1)C(=O)O. The van der Waals surface area contributed by atoms with Gasteiger partial charge in [0.15, 0.2) is 0 Å². The highest BCUT2D eigenvalue weighted by molar-refractivity contribution is 5.81. The summed E-state index contributed by atoms with van der Waals surface area (Å²) in [6.07, 6.45) is 1.03. The second-order valence-corrected chi connectivity index (χ2v) is 3.42. The summed E-state index contributed by atoms with van der Waals surface area (Å²) in [5.41, 5.74) is -1.12. The van der Waals surface area contributed by atoms with Gasteiger partial charge < -0.3 is 10.4 Å². The molecule has 4 nitrogen and oxygen atoms in total. The molecule has 0 bridgehead atoms. The summed E-state index contributed by atoms with van der Waals surface area (Å²) in [5, 5.41) is 11.5. The van der Waals surface area contributed by atoms with Crippen molar-refractivity contribution < 1.29 is 14.3 Å². The molecule has 76 valence electrons. The number of carboxylic acid groups (broad SMARTS) is 1. The van der Waals surface area contributed by atoms with Crippen LogP contribution in [0, 0.1) is 5.82 Å². The summed E-state index contributed by atoms with van der Waals surface area (Å²) in [7, 11) is 0. The normalized spacial score (nSPS) is 11.1. The first-order valence-corrected chi connectivity index (χ1v) is 4.05. The zero-order chi connectivity index (χ0) is 10.8. The smallest absolute Gasteiger partial charge is 0.328 e. The lowest BCUT2D eigenvalue weighted by Crippen LogP contribution is -2.40. The maximum atomic E-state index is 12.5. The third kappa shape index (κ3) is 2.42. The standard InChI is InChI=1S/C9H11FN2O2/c1-9(2,8(13)14)12-7-4-3-6(10)5-11-7/h3-5H,1-2H3,(H,11,12)(H,13,14). The molecule has 1 heterocycles. The van der Waals surface area contributed by atoms with Crippen molar-refractivity contribution in [3.8, 4) is 0 Å². The number of halogens is 1. The van der Waals surface area contributed by atoms with Gasteiger partial charge in [-0.1, -0.05) is 0 Å². The lowest BCUT2D eigenvalue weighted by molar-refractivity contribution is -0.141. The number of pyridine rings is 1. The van der Waals surface area contributed by atoms with Crippen LogP contribution in [0.5, 0.6) is 0 Å². The fourth-order valence-corrected chi connectivity index (χ4v) is 0.823. The predicted octanol–water partition coefficient (Wildman–Crippen LogP) is 1.50. The van der Waals surface area contributed by atoms with Gasteiger partial charge in [-0.25, -0.2) is 14.2 Å². The first-order chi connectivity index (χ1) is 6.42. The van der Waals surface area contributed by atoms with Gasteiger partial charge in [-0.3, -0.25) is 0 Å². The minimum atomic E-state index is -1.12. The molecule has 0 fully saturated rings. The molecular weight excluding hydrogens is 187 g/mol. The lowest BCUT2D eigenvalue weighted by Gasteiger charge is -2.21. The summed E-state index contributed by atoms with van der Waals surface area (Å²) in [4.78, 5) is 14.4. The van der Waals surface area contributed by atoms with Crippen molar-refractivity contribution in [1.29, 1.82) is 0 Å². The molecule has 0 aliphatic rings. The Balaban J connectivity index is 2.79. The van der Waals surface area contributed by atoms with Crippen LogP contribution in [-0.2, 0) is 4.79 Å². The highest BCUT2D eigenvalue weighted by atomic mass is 19.1. The number of nitrogens with one attached hydrogen (secondary N) is 1. The summed E-state index contributed by atoms with van der Waals surface area (Å²) in [5.74, 6) is -1.12. The molecule has 0 aliphatic heterocycles. The van der Waals surface area contributed by atoms with Crippen LogP contribution in [0.2, 0.25) is 0 Å². The Morgan fingerprint density at radius 2 is 2.21 bits per heavy atom. The van der Waals surface area contributed by atoms with Crippen LogP contribution in [-0.4, -0.2) is 21.6 Å². The van der Waals surface area contributed by atoms with Gasteiger partial charge in [0, 0.05) is 0 Å². The van der Waals surface area contributed by atoms with Crippen molar-refractivity contribution in [3.05, 3.63) is 24.1 Å². The molecule has 0 saturated carbocycles. The maximum absolute atomic E-state index is 12.5. The molecule has 0 amide bonds. The molecule has 0 spiro atoms. The topological polar surface area (TPSA) is 62.2 Å². The van der Waals surface area contributed by atoms with Gasteiger partial charge in [-0.05, 0) is 26.0 Å². The third-order valence-electron chi connectivity index (χ3n) is 1.70. The fraction of sp³-hybridized carbons (Fsp3) is 0.333. The minimum Gasteiger partial charge on any atom is -0.480 e. The first-order valence-electron chi connectivity index (χ1n) is 4.05. The van der Waals surface area contributed by atoms with Crippen molar-refractivity contribution in [2.24, 2.45) is 0 Å². The average molecular weight is 198 g/mol. The Morgan fingerprint density at radius 1 is 1.57 bits per heavy atom. The number of aromatic nitrogens is 1. The number of carbonyl (C=O) groups is 1. The van der Waals surface area contributed by atoms with Crippen molar-refractivity contribution in [3.63, 3.8) is 0 Å². The van der Waals surface area contributed by atoms with Gasteiger partial charge in [-0.15, -0.1) is 0 Å². The van der Waals surface area contributed by atoms with E-state index in [1.54, 1.807) is 0 Å². The molecule has 0 atom stereocenters. The molecule has 1 aromatic rings. The third-order valence-corrected chi connectivity index (χ3v) is 1.70. The lowest BCUT2D eigenvalue weighted by atomic mass is 10.1. The molecule has 0 aromatic carbocycles. The average Bonchev–Trinajstić information content (AvgIpc) is 2.08. The zero-order valence-electron chi connectivity index (χ0n) is 7.91. The van der Waals surface area contributed by atoms with Crippen LogP contribution in [0.1, 0.15) is 13.8 Å². The number of hydrogen-bond donors (Lipinski definition) is 2. The molecule has 1 aromatic heterocycles. The van der Waals surface area contributed by atoms with Gasteiger partial charge in [0.05, 0.1) is 6.20 Å². The van der Waals surface area contributed by atoms with Crippen LogP contribution in [0.4, 0.5) is 10.2 Å². The summed E-state index contributed by atoms with van der Waals surface area (Å²) >= 11 is 0. The molecule has 0 saturated heterocycles. The number of anilines is 1. The molecule has 0 aliphatic carbocycles. The van der Waals surface area contributed by atoms with Crippen molar-refractivity contribution in [2.75, 3.05) is 5.32 Å². The van der Waals surface area contributed by atoms with Crippen LogP contribution in [0.3, 0.4) is 0 Å². The maximum Gasteiger partial charge on any atom is 0.328 e. The van der Waals surface area contributed by atoms with Crippen LogP contribution < -0.4 is 5.32 Å². The second-order valence-electron chi connectivity index (χ2n) is 3.42. The molecule has 0 radical (unpaired) electrons. The quantitative estimate of drug-likeness (QED) is 0.772. The van der Waals surface area contributed by atoms with E-state index in [1.807, 2.05) is 0 Å². The molecule has 5 heteroatoms. The van der Waals surface area contributed by atoms with Crippen LogP contribution in [0.15, 0.2) is 18.3 Å². The first kappa shape index (κ1) is 10.4. The second kappa shape index (κ2) is 3.61. The largest absolute Gasteiger partial charge is 0.480 e. The van der Waals surface area contributed by atoms with Crippen molar-refractivity contribution in [1.82, 2.24) is 4.98 Å². The van der Waals surface area contributed by atoms with Crippen molar-refractivity contribution >= 4 is 11.8 Å². The van der Waals surface area contributed by atoms with E-state index in [9.17, 15) is 9.18 Å². The number of hydrogen-bond acceptors (Lipinski definition) is 3. The molecule has 2 N–H and O–H groups in total. The van der Waals surface area contributed by atoms with E-state index in [1.165, 1.54) is 26.0 Å². The Labute approximate surface area is 80.8 Å². The Morgan fingerprint density at radius 3 is 2.64 bits per heavy atom. The van der Waals surface area contributed by atoms with E-state index in [0.717, 1.165) is 6.20 Å². The van der Waals surface area contributed by atoms with Gasteiger partial charge in [0.2, 0.25) is 0 Å². The highest BCUT2D eigenvalue weighted by Crippen LogP contribution is 2.12. The fourth-order valence-electron chi connectivity index (χ4n) is 0.823. The van der Waals surface area contributed by atoms with Gasteiger partial charge in [0.25, 0.3) is 0 Å². The number of nitrogens with zero attached hydrogens (tertiary/aromatic N) is 1. The molecular formula is C9H11FN2O2. The Kier molecular flexibility index (Phi) is 2.69. The Bertz CT molecular complexity index is 335. The number of aliphatic carboxylic acids is 1. The summed E-state index contributed by atoms with van der Waals surface area (Å²) < 4.78 is 12.5.